The first-order chi connectivity index (χ1) is 12.2. The van der Waals surface area contributed by atoms with Gasteiger partial charge in [0, 0.05) is 40.2 Å². The highest BCUT2D eigenvalue weighted by molar-refractivity contribution is 6.33. The number of nitrogens with zero attached hydrogens (tertiary/aromatic N) is 2. The van der Waals surface area contributed by atoms with Crippen molar-refractivity contribution in [3.63, 3.8) is 0 Å². The molecule has 0 N–H and O–H groups in total. The van der Waals surface area contributed by atoms with Crippen molar-refractivity contribution in [3.8, 4) is 11.1 Å². The van der Waals surface area contributed by atoms with E-state index in [2.05, 4.69) is 4.90 Å². The number of piperidine rings is 1. The second kappa shape index (κ2) is 5.57. The number of rotatable bonds is 1. The van der Waals surface area contributed by atoms with Crippen LogP contribution in [0.25, 0.3) is 22.0 Å². The van der Waals surface area contributed by atoms with Gasteiger partial charge in [0.1, 0.15) is 5.82 Å². The van der Waals surface area contributed by atoms with E-state index in [4.69, 9.17) is 16.6 Å². The Balaban J connectivity index is 1.86. The molecule has 124 valence electrons. The Morgan fingerprint density at radius 3 is 2.56 bits per heavy atom. The standard InChI is InChI=1S/C21H17ClN2O/c22-13-8-9-14-16(12-13)20(25)18-15-6-2-3-7-17(15)23-21(19(14)18)24-10-4-1-5-11-24/h2-3,6-9,12H,1,4-5,10-11H2. The van der Waals surface area contributed by atoms with Crippen LogP contribution in [-0.2, 0) is 0 Å². The van der Waals surface area contributed by atoms with Gasteiger partial charge in [-0.3, -0.25) is 4.79 Å². The van der Waals surface area contributed by atoms with Crippen LogP contribution in [0.15, 0.2) is 42.5 Å². The fourth-order valence-corrected chi connectivity index (χ4v) is 4.25. The van der Waals surface area contributed by atoms with Crippen LogP contribution in [0.2, 0.25) is 5.02 Å². The molecular formula is C21H17ClN2O. The van der Waals surface area contributed by atoms with Gasteiger partial charge in [-0.05, 0) is 43.0 Å². The van der Waals surface area contributed by atoms with Gasteiger partial charge in [0.25, 0.3) is 0 Å². The molecule has 1 aromatic heterocycles. The van der Waals surface area contributed by atoms with Gasteiger partial charge in [-0.25, -0.2) is 4.98 Å². The fraction of sp³-hybridized carbons (Fsp3) is 0.238. The molecule has 2 aliphatic rings. The van der Waals surface area contributed by atoms with Crippen molar-refractivity contribution in [2.45, 2.75) is 19.3 Å². The number of hydrogen-bond donors (Lipinski definition) is 0. The summed E-state index contributed by atoms with van der Waals surface area (Å²) < 4.78 is 0. The number of anilines is 1. The first kappa shape index (κ1) is 14.9. The Labute approximate surface area is 151 Å². The monoisotopic (exact) mass is 348 g/mol. The van der Waals surface area contributed by atoms with Crippen LogP contribution < -0.4 is 4.90 Å². The zero-order valence-electron chi connectivity index (χ0n) is 13.8. The van der Waals surface area contributed by atoms with Gasteiger partial charge in [-0.15, -0.1) is 0 Å². The summed E-state index contributed by atoms with van der Waals surface area (Å²) in [6.07, 6.45) is 3.60. The molecule has 0 bridgehead atoms. The number of para-hydroxylation sites is 1. The number of ketones is 1. The zero-order chi connectivity index (χ0) is 17.0. The summed E-state index contributed by atoms with van der Waals surface area (Å²) in [5.41, 5.74) is 4.30. The molecule has 5 rings (SSSR count). The number of benzene rings is 2. The highest BCUT2D eigenvalue weighted by Gasteiger charge is 2.33. The Bertz CT molecular complexity index is 1020. The lowest BCUT2D eigenvalue weighted by molar-refractivity contribution is 0.104. The molecule has 3 nitrogen and oxygen atoms in total. The molecule has 25 heavy (non-hydrogen) atoms. The molecule has 0 saturated carbocycles. The van der Waals surface area contributed by atoms with Crippen LogP contribution in [0.5, 0.6) is 0 Å². The minimum atomic E-state index is 0.0596. The van der Waals surface area contributed by atoms with Crippen LogP contribution in [-0.4, -0.2) is 23.9 Å². The Hall–Kier alpha value is -2.39. The van der Waals surface area contributed by atoms with E-state index in [1.807, 2.05) is 36.4 Å². The fourth-order valence-electron chi connectivity index (χ4n) is 4.08. The summed E-state index contributed by atoms with van der Waals surface area (Å²) in [5, 5.41) is 1.52. The number of pyridine rings is 1. The average Bonchev–Trinajstić information content (AvgIpc) is 2.95. The first-order valence-corrected chi connectivity index (χ1v) is 9.14. The maximum Gasteiger partial charge on any atom is 0.195 e. The molecular weight excluding hydrogens is 332 g/mol. The Morgan fingerprint density at radius 1 is 0.920 bits per heavy atom. The van der Waals surface area contributed by atoms with Crippen molar-refractivity contribution in [1.29, 1.82) is 0 Å². The first-order valence-electron chi connectivity index (χ1n) is 8.76. The molecule has 0 unspecified atom stereocenters. The molecule has 0 amide bonds. The van der Waals surface area contributed by atoms with Gasteiger partial charge in [0.05, 0.1) is 5.52 Å². The van der Waals surface area contributed by atoms with Crippen molar-refractivity contribution in [1.82, 2.24) is 4.98 Å². The second-order valence-electron chi connectivity index (χ2n) is 6.77. The molecule has 1 aliphatic carbocycles. The number of carbonyl (C=O) groups is 1. The molecule has 3 aromatic rings. The van der Waals surface area contributed by atoms with Crippen molar-refractivity contribution in [2.24, 2.45) is 0 Å². The summed E-state index contributed by atoms with van der Waals surface area (Å²) in [6, 6.07) is 13.5. The summed E-state index contributed by atoms with van der Waals surface area (Å²) in [4.78, 5) is 20.5. The van der Waals surface area contributed by atoms with E-state index in [1.165, 1.54) is 19.3 Å². The van der Waals surface area contributed by atoms with Crippen LogP contribution >= 0.6 is 11.6 Å². The predicted molar refractivity (Wildman–Crippen MR) is 102 cm³/mol. The summed E-state index contributed by atoms with van der Waals surface area (Å²) in [7, 11) is 0. The van der Waals surface area contributed by atoms with Crippen LogP contribution in [0.4, 0.5) is 5.82 Å². The zero-order valence-corrected chi connectivity index (χ0v) is 14.5. The largest absolute Gasteiger partial charge is 0.356 e. The predicted octanol–water partition coefficient (Wildman–Crippen LogP) is 5.09. The highest BCUT2D eigenvalue weighted by atomic mass is 35.5. The lowest BCUT2D eigenvalue weighted by Gasteiger charge is -2.30. The van der Waals surface area contributed by atoms with Crippen LogP contribution in [0.1, 0.15) is 35.2 Å². The van der Waals surface area contributed by atoms with E-state index in [1.54, 1.807) is 6.07 Å². The smallest absolute Gasteiger partial charge is 0.195 e. The van der Waals surface area contributed by atoms with E-state index in [9.17, 15) is 4.79 Å². The Morgan fingerprint density at radius 2 is 1.72 bits per heavy atom. The average molecular weight is 349 g/mol. The minimum absolute atomic E-state index is 0.0596. The van der Waals surface area contributed by atoms with E-state index in [0.717, 1.165) is 46.5 Å². The second-order valence-corrected chi connectivity index (χ2v) is 7.21. The van der Waals surface area contributed by atoms with Crippen molar-refractivity contribution in [3.05, 3.63) is 58.6 Å². The SMILES string of the molecule is O=C1c2cc(Cl)ccc2-c2c(N3CCCCC3)nc3ccccc3c21. The van der Waals surface area contributed by atoms with E-state index < -0.39 is 0 Å². The van der Waals surface area contributed by atoms with Crippen molar-refractivity contribution < 1.29 is 4.79 Å². The highest BCUT2D eigenvalue weighted by Crippen LogP contribution is 2.46. The van der Waals surface area contributed by atoms with E-state index in [0.29, 0.717) is 10.6 Å². The number of hydrogen-bond acceptors (Lipinski definition) is 3. The summed E-state index contributed by atoms with van der Waals surface area (Å²) in [5.74, 6) is 1.01. The molecule has 1 aliphatic heterocycles. The maximum absolute atomic E-state index is 13.2. The van der Waals surface area contributed by atoms with Gasteiger partial charge in [0.15, 0.2) is 5.78 Å². The summed E-state index contributed by atoms with van der Waals surface area (Å²) >= 11 is 6.16. The molecule has 0 spiro atoms. The third kappa shape index (κ3) is 2.19. The van der Waals surface area contributed by atoms with Crippen LogP contribution in [0, 0.1) is 0 Å². The minimum Gasteiger partial charge on any atom is -0.356 e. The van der Waals surface area contributed by atoms with Gasteiger partial charge in [-0.1, -0.05) is 35.9 Å². The number of fused-ring (bicyclic) bond motifs is 5. The van der Waals surface area contributed by atoms with Gasteiger partial charge >= 0.3 is 0 Å². The number of carbonyl (C=O) groups excluding carboxylic acids is 1. The van der Waals surface area contributed by atoms with Gasteiger partial charge in [-0.2, -0.15) is 0 Å². The number of halogens is 1. The normalized spacial score (nSPS) is 16.2. The molecule has 2 heterocycles. The molecule has 0 atom stereocenters. The molecule has 0 radical (unpaired) electrons. The third-order valence-corrected chi connectivity index (χ3v) is 5.49. The molecule has 2 aromatic carbocycles. The van der Waals surface area contributed by atoms with E-state index in [-0.39, 0.29) is 5.78 Å². The topological polar surface area (TPSA) is 33.2 Å². The third-order valence-electron chi connectivity index (χ3n) is 5.25. The van der Waals surface area contributed by atoms with Gasteiger partial charge in [0.2, 0.25) is 0 Å². The van der Waals surface area contributed by atoms with Crippen molar-refractivity contribution >= 4 is 34.1 Å². The van der Waals surface area contributed by atoms with Gasteiger partial charge < -0.3 is 4.90 Å². The molecule has 4 heteroatoms. The van der Waals surface area contributed by atoms with E-state index >= 15 is 0 Å². The van der Waals surface area contributed by atoms with Crippen LogP contribution in [0.3, 0.4) is 0 Å². The molecule has 1 fully saturated rings. The lowest BCUT2D eigenvalue weighted by Crippen LogP contribution is -2.30. The summed E-state index contributed by atoms with van der Waals surface area (Å²) in [6.45, 7) is 1.99. The molecule has 1 saturated heterocycles. The quantitative estimate of drug-likeness (QED) is 0.480. The maximum atomic E-state index is 13.2. The number of aromatic nitrogens is 1. The lowest BCUT2D eigenvalue weighted by atomic mass is 10.0. The van der Waals surface area contributed by atoms with Crippen molar-refractivity contribution in [2.75, 3.05) is 18.0 Å². The Kier molecular flexibility index (Phi) is 3.32.